The van der Waals surface area contributed by atoms with Crippen molar-refractivity contribution in [2.75, 3.05) is 5.88 Å². The van der Waals surface area contributed by atoms with Crippen molar-refractivity contribution in [1.29, 1.82) is 0 Å². The maximum absolute atomic E-state index is 10.5. The van der Waals surface area contributed by atoms with Crippen LogP contribution in [0.5, 0.6) is 0 Å². The first-order chi connectivity index (χ1) is 5.81. The number of carbonyl (C=O) groups excluding carboxylic acids is 1. The molecule has 5 heteroatoms. The molecule has 0 aliphatic rings. The maximum atomic E-state index is 10.5. The summed E-state index contributed by atoms with van der Waals surface area (Å²) in [7, 11) is 0. The van der Waals surface area contributed by atoms with Crippen molar-refractivity contribution in [3.05, 3.63) is 0 Å². The van der Waals surface area contributed by atoms with E-state index in [0.717, 1.165) is 38.0 Å². The molecule has 0 bridgehead atoms. The molecular weight excluding hydrogens is 222 g/mol. The third kappa shape index (κ3) is 13.1. The van der Waals surface area contributed by atoms with E-state index in [1.165, 1.54) is 0 Å². The fraction of sp³-hybridized carbons (Fsp3) is 0.875. The SMILES string of the molecule is O=C(CCCCCCCCl)OCl.[NaH]. The van der Waals surface area contributed by atoms with Crippen molar-refractivity contribution in [2.45, 2.75) is 38.5 Å². The van der Waals surface area contributed by atoms with Gasteiger partial charge in [-0.2, -0.15) is 0 Å². The Labute approximate surface area is 112 Å². The Balaban J connectivity index is 0. The molecule has 0 radical (unpaired) electrons. The Hall–Kier alpha value is 1.05. The first-order valence-corrected chi connectivity index (χ1v) is 5.03. The summed E-state index contributed by atoms with van der Waals surface area (Å²) in [5.41, 5.74) is 0. The van der Waals surface area contributed by atoms with Gasteiger partial charge in [-0.15, -0.1) is 11.6 Å². The molecule has 0 aromatic rings. The van der Waals surface area contributed by atoms with Gasteiger partial charge in [0, 0.05) is 12.3 Å². The van der Waals surface area contributed by atoms with Crippen molar-refractivity contribution in [2.24, 2.45) is 0 Å². The van der Waals surface area contributed by atoms with E-state index >= 15 is 0 Å². The topological polar surface area (TPSA) is 26.3 Å². The van der Waals surface area contributed by atoms with Crippen LogP contribution in [-0.2, 0) is 9.08 Å². The molecule has 13 heavy (non-hydrogen) atoms. The van der Waals surface area contributed by atoms with Gasteiger partial charge in [-0.05, 0) is 12.8 Å². The molecular formula is C8H15Cl2NaO2. The average Bonchev–Trinajstić information content (AvgIpc) is 2.10. The second-order valence-corrected chi connectivity index (χ2v) is 3.19. The molecule has 0 amide bonds. The van der Waals surface area contributed by atoms with Crippen molar-refractivity contribution in [3.63, 3.8) is 0 Å². The summed E-state index contributed by atoms with van der Waals surface area (Å²) in [5, 5.41) is 0. The van der Waals surface area contributed by atoms with Gasteiger partial charge in [-0.3, -0.25) is 4.79 Å². The van der Waals surface area contributed by atoms with Gasteiger partial charge >= 0.3 is 35.5 Å². The predicted molar refractivity (Wildman–Crippen MR) is 57.5 cm³/mol. The quantitative estimate of drug-likeness (QED) is 0.386. The summed E-state index contributed by atoms with van der Waals surface area (Å²) >= 11 is 10.3. The van der Waals surface area contributed by atoms with Crippen molar-refractivity contribution in [3.8, 4) is 0 Å². The summed E-state index contributed by atoms with van der Waals surface area (Å²) < 4.78 is 3.99. The van der Waals surface area contributed by atoms with Crippen LogP contribution in [-0.4, -0.2) is 41.4 Å². The van der Waals surface area contributed by atoms with Gasteiger partial charge in [-0.25, -0.2) is 0 Å². The number of alkyl halides is 1. The molecule has 0 heterocycles. The molecule has 0 rings (SSSR count). The van der Waals surface area contributed by atoms with Crippen LogP contribution < -0.4 is 0 Å². The monoisotopic (exact) mass is 236 g/mol. The Morgan fingerprint density at radius 2 is 1.62 bits per heavy atom. The fourth-order valence-corrected chi connectivity index (χ4v) is 1.20. The molecule has 0 unspecified atom stereocenters. The molecule has 0 aliphatic heterocycles. The number of carbonyl (C=O) groups is 1. The minimum atomic E-state index is -0.339. The number of hydrogen-bond acceptors (Lipinski definition) is 2. The number of halogens is 2. The molecule has 0 fully saturated rings. The molecule has 0 aliphatic carbocycles. The van der Waals surface area contributed by atoms with Gasteiger partial charge in [0.2, 0.25) is 0 Å². The summed E-state index contributed by atoms with van der Waals surface area (Å²) in [6, 6.07) is 0. The Kier molecular flexibility index (Phi) is 16.5. The van der Waals surface area contributed by atoms with Crippen LogP contribution in [0.1, 0.15) is 38.5 Å². The molecule has 0 N–H and O–H groups in total. The van der Waals surface area contributed by atoms with E-state index < -0.39 is 0 Å². The van der Waals surface area contributed by atoms with E-state index in [1.807, 2.05) is 0 Å². The van der Waals surface area contributed by atoms with Crippen molar-refractivity contribution in [1.82, 2.24) is 0 Å². The van der Waals surface area contributed by atoms with Crippen LogP contribution in [0.15, 0.2) is 0 Å². The summed E-state index contributed by atoms with van der Waals surface area (Å²) in [6.07, 6.45) is 5.64. The Morgan fingerprint density at radius 3 is 2.15 bits per heavy atom. The summed E-state index contributed by atoms with van der Waals surface area (Å²) in [4.78, 5) is 10.5. The molecule has 0 aromatic carbocycles. The molecule has 0 spiro atoms. The average molecular weight is 237 g/mol. The Bertz CT molecular complexity index is 123. The third-order valence-electron chi connectivity index (χ3n) is 1.60. The summed E-state index contributed by atoms with van der Waals surface area (Å²) in [5.74, 6) is 0.387. The molecule has 0 saturated heterocycles. The first kappa shape index (κ1) is 16.5. The third-order valence-corrected chi connectivity index (χ3v) is 2.04. The van der Waals surface area contributed by atoms with E-state index in [-0.39, 0.29) is 35.5 Å². The predicted octanol–water partition coefficient (Wildman–Crippen LogP) is 2.61. The zero-order chi connectivity index (χ0) is 9.23. The number of rotatable bonds is 7. The Morgan fingerprint density at radius 1 is 1.08 bits per heavy atom. The standard InChI is InChI=1S/C8H14Cl2O2.Na.H/c9-7-5-3-1-2-4-6-8(11)12-10;;/h1-7H2;;. The van der Waals surface area contributed by atoms with Crippen LogP contribution in [0.4, 0.5) is 0 Å². The van der Waals surface area contributed by atoms with Gasteiger partial charge in [0.15, 0.2) is 0 Å². The van der Waals surface area contributed by atoms with Gasteiger partial charge in [0.25, 0.3) is 0 Å². The van der Waals surface area contributed by atoms with Gasteiger partial charge in [-0.1, -0.05) is 19.3 Å². The minimum absolute atomic E-state index is 0. The van der Waals surface area contributed by atoms with Crippen molar-refractivity contribution >= 4 is 59.0 Å². The zero-order valence-electron chi connectivity index (χ0n) is 7.02. The van der Waals surface area contributed by atoms with E-state index in [0.29, 0.717) is 6.42 Å². The van der Waals surface area contributed by atoms with E-state index in [2.05, 4.69) is 4.29 Å². The van der Waals surface area contributed by atoms with Crippen LogP contribution in [0.25, 0.3) is 0 Å². The second kappa shape index (κ2) is 13.1. The molecule has 2 nitrogen and oxygen atoms in total. The van der Waals surface area contributed by atoms with Crippen LogP contribution in [0, 0.1) is 0 Å². The van der Waals surface area contributed by atoms with Crippen LogP contribution in [0.2, 0.25) is 0 Å². The molecule has 0 saturated carbocycles. The second-order valence-electron chi connectivity index (χ2n) is 2.66. The molecule has 74 valence electrons. The van der Waals surface area contributed by atoms with Gasteiger partial charge < -0.3 is 4.29 Å². The van der Waals surface area contributed by atoms with E-state index in [4.69, 9.17) is 23.5 Å². The number of hydrogen-bond donors (Lipinski definition) is 0. The van der Waals surface area contributed by atoms with Crippen LogP contribution in [0.3, 0.4) is 0 Å². The first-order valence-electron chi connectivity index (χ1n) is 4.18. The van der Waals surface area contributed by atoms with E-state index in [9.17, 15) is 4.79 Å². The fourth-order valence-electron chi connectivity index (χ4n) is 0.933. The van der Waals surface area contributed by atoms with E-state index in [1.54, 1.807) is 0 Å². The zero-order valence-corrected chi connectivity index (χ0v) is 8.53. The van der Waals surface area contributed by atoms with Crippen molar-refractivity contribution < 1.29 is 9.08 Å². The number of unbranched alkanes of at least 4 members (excludes halogenated alkanes) is 4. The molecule has 0 aromatic heterocycles. The van der Waals surface area contributed by atoms with Crippen LogP contribution >= 0.6 is 23.5 Å². The normalized spacial score (nSPS) is 9.08. The van der Waals surface area contributed by atoms with Gasteiger partial charge in [0.05, 0.1) is 0 Å². The summed E-state index contributed by atoms with van der Waals surface area (Å²) in [6.45, 7) is 0. The molecule has 0 atom stereocenters. The van der Waals surface area contributed by atoms with Gasteiger partial charge in [0.1, 0.15) is 11.9 Å².